The van der Waals surface area contributed by atoms with Crippen LogP contribution in [0.3, 0.4) is 0 Å². The zero-order chi connectivity index (χ0) is 14.8. The topological polar surface area (TPSA) is 62.2 Å². The maximum atomic E-state index is 11.4. The van der Waals surface area contributed by atoms with Gasteiger partial charge in [0.05, 0.1) is 5.69 Å². The first kappa shape index (κ1) is 14.8. The normalized spacial score (nSPS) is 29.5. The van der Waals surface area contributed by atoms with Crippen molar-refractivity contribution < 1.29 is 9.90 Å². The van der Waals surface area contributed by atoms with Crippen LogP contribution in [0.5, 0.6) is 0 Å². The van der Waals surface area contributed by atoms with E-state index in [1.54, 1.807) is 11.3 Å². The standard InChI is InChI=1S/C16H24N2O2S/c1-10-6-3-2-4-8-12(10)17-16-18-14-11(15(19)20)7-5-9-13(14)21-16/h10-12H,2-9H2,1H3,(H,17,18)(H,19,20). The molecule has 0 amide bonds. The summed E-state index contributed by atoms with van der Waals surface area (Å²) >= 11 is 1.67. The van der Waals surface area contributed by atoms with Crippen LogP contribution in [0.25, 0.3) is 0 Å². The van der Waals surface area contributed by atoms with Gasteiger partial charge in [-0.25, -0.2) is 4.98 Å². The third-order valence-corrected chi connectivity index (χ3v) is 5.98. The molecule has 1 aromatic rings. The van der Waals surface area contributed by atoms with Gasteiger partial charge in [-0.2, -0.15) is 0 Å². The summed E-state index contributed by atoms with van der Waals surface area (Å²) < 4.78 is 0. The second-order valence-electron chi connectivity index (χ2n) is 6.48. The lowest BCUT2D eigenvalue weighted by molar-refractivity contribution is -0.139. The van der Waals surface area contributed by atoms with Gasteiger partial charge in [0.2, 0.25) is 0 Å². The molecule has 1 fully saturated rings. The molecule has 5 heteroatoms. The highest BCUT2D eigenvalue weighted by molar-refractivity contribution is 7.15. The van der Waals surface area contributed by atoms with Crippen LogP contribution in [0.15, 0.2) is 0 Å². The van der Waals surface area contributed by atoms with E-state index in [1.165, 1.54) is 37.0 Å². The molecule has 1 aromatic heterocycles. The van der Waals surface area contributed by atoms with Crippen LogP contribution in [0, 0.1) is 5.92 Å². The van der Waals surface area contributed by atoms with Crippen molar-refractivity contribution in [2.24, 2.45) is 5.92 Å². The number of nitrogens with one attached hydrogen (secondary N) is 1. The first-order valence-electron chi connectivity index (χ1n) is 8.14. The Balaban J connectivity index is 1.76. The van der Waals surface area contributed by atoms with Crippen LogP contribution in [0.4, 0.5) is 5.13 Å². The third kappa shape index (κ3) is 3.23. The average molecular weight is 308 g/mol. The summed E-state index contributed by atoms with van der Waals surface area (Å²) in [6.45, 7) is 2.32. The minimum Gasteiger partial charge on any atom is -0.481 e. The van der Waals surface area contributed by atoms with Crippen LogP contribution in [0.2, 0.25) is 0 Å². The van der Waals surface area contributed by atoms with E-state index in [0.29, 0.717) is 12.0 Å². The first-order valence-corrected chi connectivity index (χ1v) is 8.95. The lowest BCUT2D eigenvalue weighted by atomic mass is 9.91. The van der Waals surface area contributed by atoms with Crippen molar-refractivity contribution in [3.05, 3.63) is 10.6 Å². The molecular formula is C16H24N2O2S. The number of carbonyl (C=O) groups is 1. The van der Waals surface area contributed by atoms with Gasteiger partial charge in [-0.15, -0.1) is 11.3 Å². The molecule has 0 saturated heterocycles. The smallest absolute Gasteiger partial charge is 0.312 e. The number of hydrogen-bond donors (Lipinski definition) is 2. The molecule has 116 valence electrons. The summed E-state index contributed by atoms with van der Waals surface area (Å²) in [4.78, 5) is 17.2. The van der Waals surface area contributed by atoms with Gasteiger partial charge in [0.15, 0.2) is 5.13 Å². The molecule has 0 spiro atoms. The Bertz CT molecular complexity index is 514. The Labute approximate surface area is 130 Å². The Kier molecular flexibility index (Phi) is 4.48. The number of aromatic nitrogens is 1. The Morgan fingerprint density at radius 1 is 1.24 bits per heavy atom. The zero-order valence-electron chi connectivity index (χ0n) is 12.6. The second kappa shape index (κ2) is 6.34. The van der Waals surface area contributed by atoms with Gasteiger partial charge in [0.25, 0.3) is 0 Å². The molecule has 0 radical (unpaired) electrons. The third-order valence-electron chi connectivity index (χ3n) is 4.92. The lowest BCUT2D eigenvalue weighted by Crippen LogP contribution is -2.26. The van der Waals surface area contributed by atoms with Crippen LogP contribution in [-0.4, -0.2) is 22.1 Å². The SMILES string of the molecule is CC1CCCCCC1Nc1nc2c(s1)CCCC2C(=O)O. The molecule has 0 aromatic carbocycles. The zero-order valence-corrected chi connectivity index (χ0v) is 13.4. The van der Waals surface area contributed by atoms with E-state index in [1.807, 2.05) is 0 Å². The number of hydrogen-bond acceptors (Lipinski definition) is 4. The van der Waals surface area contributed by atoms with Gasteiger partial charge >= 0.3 is 5.97 Å². The fourth-order valence-corrected chi connectivity index (χ4v) is 4.71. The van der Waals surface area contributed by atoms with Crippen molar-refractivity contribution in [1.29, 1.82) is 0 Å². The van der Waals surface area contributed by atoms with E-state index in [4.69, 9.17) is 0 Å². The van der Waals surface area contributed by atoms with Crippen LogP contribution in [-0.2, 0) is 11.2 Å². The molecule has 1 saturated carbocycles. The number of aryl methyl sites for hydroxylation is 1. The van der Waals surface area contributed by atoms with Gasteiger partial charge in [-0.05, 0) is 38.0 Å². The molecule has 2 aliphatic carbocycles. The Hall–Kier alpha value is -1.10. The number of aliphatic carboxylic acids is 1. The Morgan fingerprint density at radius 2 is 2.05 bits per heavy atom. The van der Waals surface area contributed by atoms with Crippen molar-refractivity contribution in [2.45, 2.75) is 70.3 Å². The summed E-state index contributed by atoms with van der Waals surface area (Å²) in [6, 6.07) is 0.489. The maximum Gasteiger partial charge on any atom is 0.312 e. The summed E-state index contributed by atoms with van der Waals surface area (Å²) in [6.07, 6.45) is 9.10. The number of carboxylic acids is 1. The fraction of sp³-hybridized carbons (Fsp3) is 0.750. The molecule has 3 rings (SSSR count). The molecule has 0 aliphatic heterocycles. The summed E-state index contributed by atoms with van der Waals surface area (Å²) in [5.74, 6) is -0.452. The van der Waals surface area contributed by atoms with Crippen LogP contribution < -0.4 is 5.32 Å². The quantitative estimate of drug-likeness (QED) is 0.828. The molecule has 3 atom stereocenters. The van der Waals surface area contributed by atoms with Crippen LogP contribution in [0.1, 0.15) is 68.4 Å². The highest BCUT2D eigenvalue weighted by Gasteiger charge is 2.30. The summed E-state index contributed by atoms with van der Waals surface area (Å²) in [5.41, 5.74) is 0.822. The van der Waals surface area contributed by atoms with E-state index in [9.17, 15) is 9.90 Å². The highest BCUT2D eigenvalue weighted by atomic mass is 32.1. The van der Waals surface area contributed by atoms with Gasteiger partial charge in [0, 0.05) is 10.9 Å². The maximum absolute atomic E-state index is 11.4. The van der Waals surface area contributed by atoms with E-state index in [2.05, 4.69) is 17.2 Å². The predicted molar refractivity (Wildman–Crippen MR) is 85.1 cm³/mol. The predicted octanol–water partition coefficient (Wildman–Crippen LogP) is 4.03. The molecule has 3 unspecified atom stereocenters. The molecule has 2 N–H and O–H groups in total. The van der Waals surface area contributed by atoms with Crippen molar-refractivity contribution in [2.75, 3.05) is 5.32 Å². The van der Waals surface area contributed by atoms with E-state index < -0.39 is 11.9 Å². The monoisotopic (exact) mass is 308 g/mol. The number of thiazole rings is 1. The minimum absolute atomic E-state index is 0.396. The number of rotatable bonds is 3. The van der Waals surface area contributed by atoms with E-state index >= 15 is 0 Å². The molecule has 0 bridgehead atoms. The van der Waals surface area contributed by atoms with Crippen molar-refractivity contribution in [3.63, 3.8) is 0 Å². The van der Waals surface area contributed by atoms with E-state index in [-0.39, 0.29) is 0 Å². The van der Waals surface area contributed by atoms with Crippen molar-refractivity contribution in [3.8, 4) is 0 Å². The highest BCUT2D eigenvalue weighted by Crippen LogP contribution is 2.37. The number of nitrogens with zero attached hydrogens (tertiary/aromatic N) is 1. The van der Waals surface area contributed by atoms with Crippen LogP contribution >= 0.6 is 11.3 Å². The number of fused-ring (bicyclic) bond motifs is 1. The van der Waals surface area contributed by atoms with Gasteiger partial charge in [-0.3, -0.25) is 4.79 Å². The van der Waals surface area contributed by atoms with E-state index in [0.717, 1.165) is 30.1 Å². The second-order valence-corrected chi connectivity index (χ2v) is 7.56. The molecule has 4 nitrogen and oxygen atoms in total. The fourth-order valence-electron chi connectivity index (χ4n) is 3.59. The number of carboxylic acid groups (broad SMARTS) is 1. The molecular weight excluding hydrogens is 284 g/mol. The van der Waals surface area contributed by atoms with Crippen molar-refractivity contribution >= 4 is 22.4 Å². The Morgan fingerprint density at radius 3 is 2.86 bits per heavy atom. The largest absolute Gasteiger partial charge is 0.481 e. The molecule has 21 heavy (non-hydrogen) atoms. The first-order chi connectivity index (χ1) is 10.1. The summed E-state index contributed by atoms with van der Waals surface area (Å²) in [5, 5.41) is 13.9. The molecule has 2 aliphatic rings. The van der Waals surface area contributed by atoms with Gasteiger partial charge in [0.1, 0.15) is 5.92 Å². The average Bonchev–Trinajstić information content (AvgIpc) is 2.76. The molecule has 1 heterocycles. The van der Waals surface area contributed by atoms with Gasteiger partial charge in [-0.1, -0.05) is 26.2 Å². The minimum atomic E-state index is -0.726. The van der Waals surface area contributed by atoms with Gasteiger partial charge < -0.3 is 10.4 Å². The number of anilines is 1. The summed E-state index contributed by atoms with van der Waals surface area (Å²) in [7, 11) is 0. The van der Waals surface area contributed by atoms with Crippen molar-refractivity contribution in [1.82, 2.24) is 4.98 Å². The lowest BCUT2D eigenvalue weighted by Gasteiger charge is -2.22.